The Morgan fingerprint density at radius 3 is 2.50 bits per heavy atom. The zero-order chi connectivity index (χ0) is 10.6. The van der Waals surface area contributed by atoms with E-state index in [4.69, 9.17) is 5.73 Å². The Hall–Kier alpha value is -0.770. The summed E-state index contributed by atoms with van der Waals surface area (Å²) in [6, 6.07) is 0.125. The van der Waals surface area contributed by atoms with Crippen molar-refractivity contribution in [3.8, 4) is 0 Å². The van der Waals surface area contributed by atoms with Crippen LogP contribution in [0, 0.1) is 5.92 Å². The summed E-state index contributed by atoms with van der Waals surface area (Å²) in [7, 11) is 3.50. The maximum Gasteiger partial charge on any atom is 0.317 e. The van der Waals surface area contributed by atoms with Crippen molar-refractivity contribution in [2.45, 2.75) is 31.7 Å². The van der Waals surface area contributed by atoms with E-state index >= 15 is 0 Å². The standard InChI is InChI=1S/C10H21N3O/c1-13(2)10(14)12-9(7-11)8-5-3-4-6-8/h8-9H,3-7,11H2,1-2H3,(H,12,14). The van der Waals surface area contributed by atoms with Gasteiger partial charge in [-0.25, -0.2) is 4.79 Å². The maximum atomic E-state index is 11.4. The molecule has 1 aliphatic rings. The monoisotopic (exact) mass is 199 g/mol. The number of carbonyl (C=O) groups is 1. The lowest BCUT2D eigenvalue weighted by Gasteiger charge is -2.24. The molecule has 2 amide bonds. The van der Waals surface area contributed by atoms with Crippen LogP contribution in [-0.2, 0) is 0 Å². The first kappa shape index (κ1) is 11.3. The molecule has 1 unspecified atom stereocenters. The fraction of sp³-hybridized carbons (Fsp3) is 0.900. The number of nitrogens with two attached hydrogens (primary N) is 1. The van der Waals surface area contributed by atoms with E-state index in [1.54, 1.807) is 19.0 Å². The highest BCUT2D eigenvalue weighted by molar-refractivity contribution is 5.73. The summed E-state index contributed by atoms with van der Waals surface area (Å²) in [6.45, 7) is 0.546. The maximum absolute atomic E-state index is 11.4. The predicted molar refractivity (Wildman–Crippen MR) is 57.0 cm³/mol. The topological polar surface area (TPSA) is 58.4 Å². The van der Waals surface area contributed by atoms with Crippen LogP contribution in [0.2, 0.25) is 0 Å². The van der Waals surface area contributed by atoms with Gasteiger partial charge in [-0.3, -0.25) is 0 Å². The molecule has 0 aromatic heterocycles. The van der Waals surface area contributed by atoms with Crippen molar-refractivity contribution < 1.29 is 4.79 Å². The lowest BCUT2D eigenvalue weighted by Crippen LogP contribution is -2.48. The third kappa shape index (κ3) is 2.87. The van der Waals surface area contributed by atoms with Crippen LogP contribution in [0.1, 0.15) is 25.7 Å². The average Bonchev–Trinajstić information content (AvgIpc) is 2.66. The van der Waals surface area contributed by atoms with Gasteiger partial charge in [-0.15, -0.1) is 0 Å². The van der Waals surface area contributed by atoms with Crippen molar-refractivity contribution in [3.63, 3.8) is 0 Å². The molecule has 1 fully saturated rings. The molecular formula is C10H21N3O. The van der Waals surface area contributed by atoms with Crippen LogP contribution in [0.3, 0.4) is 0 Å². The van der Waals surface area contributed by atoms with E-state index in [0.29, 0.717) is 12.5 Å². The summed E-state index contributed by atoms with van der Waals surface area (Å²) < 4.78 is 0. The fourth-order valence-electron chi connectivity index (χ4n) is 2.02. The first-order valence-corrected chi connectivity index (χ1v) is 5.33. The van der Waals surface area contributed by atoms with Crippen molar-refractivity contribution in [3.05, 3.63) is 0 Å². The number of hydrogen-bond donors (Lipinski definition) is 2. The third-order valence-corrected chi connectivity index (χ3v) is 2.94. The van der Waals surface area contributed by atoms with Gasteiger partial charge >= 0.3 is 6.03 Å². The highest BCUT2D eigenvalue weighted by Gasteiger charge is 2.25. The molecule has 4 heteroatoms. The number of amides is 2. The van der Waals surface area contributed by atoms with Crippen LogP contribution in [0.25, 0.3) is 0 Å². The molecule has 1 saturated carbocycles. The van der Waals surface area contributed by atoms with E-state index in [1.165, 1.54) is 25.7 Å². The summed E-state index contributed by atoms with van der Waals surface area (Å²) in [5.41, 5.74) is 5.67. The van der Waals surface area contributed by atoms with Gasteiger partial charge in [0.2, 0.25) is 0 Å². The van der Waals surface area contributed by atoms with Crippen molar-refractivity contribution in [2.75, 3.05) is 20.6 Å². The summed E-state index contributed by atoms with van der Waals surface area (Å²) >= 11 is 0. The Morgan fingerprint density at radius 2 is 2.07 bits per heavy atom. The molecule has 82 valence electrons. The zero-order valence-electron chi connectivity index (χ0n) is 9.12. The highest BCUT2D eigenvalue weighted by atomic mass is 16.2. The second-order valence-corrected chi connectivity index (χ2v) is 4.23. The molecule has 0 bridgehead atoms. The first-order chi connectivity index (χ1) is 6.65. The van der Waals surface area contributed by atoms with Crippen molar-refractivity contribution in [1.29, 1.82) is 0 Å². The molecule has 0 aliphatic heterocycles. The Balaban J connectivity index is 2.41. The van der Waals surface area contributed by atoms with Crippen molar-refractivity contribution >= 4 is 6.03 Å². The molecule has 1 rings (SSSR count). The van der Waals surface area contributed by atoms with Gasteiger partial charge in [-0.1, -0.05) is 12.8 Å². The second kappa shape index (κ2) is 5.20. The number of nitrogens with one attached hydrogen (secondary N) is 1. The van der Waals surface area contributed by atoms with Crippen molar-refractivity contribution in [2.24, 2.45) is 11.7 Å². The summed E-state index contributed by atoms with van der Waals surface area (Å²) in [5.74, 6) is 0.587. The third-order valence-electron chi connectivity index (χ3n) is 2.94. The molecule has 0 spiro atoms. The molecule has 0 heterocycles. The van der Waals surface area contributed by atoms with E-state index in [1.807, 2.05) is 0 Å². The van der Waals surface area contributed by atoms with Gasteiger partial charge in [-0.2, -0.15) is 0 Å². The molecular weight excluding hydrogens is 178 g/mol. The Bertz CT molecular complexity index is 188. The minimum Gasteiger partial charge on any atom is -0.334 e. The highest BCUT2D eigenvalue weighted by Crippen LogP contribution is 2.27. The molecule has 3 N–H and O–H groups in total. The van der Waals surface area contributed by atoms with Gasteiger partial charge in [0.1, 0.15) is 0 Å². The zero-order valence-corrected chi connectivity index (χ0v) is 9.12. The molecule has 1 atom stereocenters. The molecule has 0 saturated heterocycles. The number of rotatable bonds is 3. The van der Waals surface area contributed by atoms with E-state index in [-0.39, 0.29) is 12.1 Å². The Labute approximate surface area is 85.8 Å². The summed E-state index contributed by atoms with van der Waals surface area (Å²) in [6.07, 6.45) is 4.96. The fourth-order valence-corrected chi connectivity index (χ4v) is 2.02. The lowest BCUT2D eigenvalue weighted by atomic mass is 9.98. The first-order valence-electron chi connectivity index (χ1n) is 5.33. The van der Waals surface area contributed by atoms with Crippen LogP contribution in [0.15, 0.2) is 0 Å². The minimum atomic E-state index is -0.0349. The van der Waals surface area contributed by atoms with Crippen LogP contribution in [-0.4, -0.2) is 37.6 Å². The lowest BCUT2D eigenvalue weighted by molar-refractivity contribution is 0.208. The van der Waals surface area contributed by atoms with E-state index in [0.717, 1.165) is 0 Å². The minimum absolute atomic E-state index is 0.0349. The van der Waals surface area contributed by atoms with Crippen LogP contribution in [0.5, 0.6) is 0 Å². The molecule has 1 aliphatic carbocycles. The van der Waals surface area contributed by atoms with Crippen LogP contribution >= 0.6 is 0 Å². The smallest absolute Gasteiger partial charge is 0.317 e. The van der Waals surface area contributed by atoms with Gasteiger partial charge in [0.25, 0.3) is 0 Å². The van der Waals surface area contributed by atoms with Crippen molar-refractivity contribution in [1.82, 2.24) is 10.2 Å². The largest absolute Gasteiger partial charge is 0.334 e. The van der Waals surface area contributed by atoms with Gasteiger partial charge < -0.3 is 16.0 Å². The molecule has 14 heavy (non-hydrogen) atoms. The number of nitrogens with zero attached hydrogens (tertiary/aromatic N) is 1. The van der Waals surface area contributed by atoms with Crippen LogP contribution in [0.4, 0.5) is 4.79 Å². The molecule has 0 aromatic carbocycles. The quantitative estimate of drug-likeness (QED) is 0.705. The summed E-state index contributed by atoms with van der Waals surface area (Å²) in [4.78, 5) is 13.0. The average molecular weight is 199 g/mol. The normalized spacial score (nSPS) is 19.4. The summed E-state index contributed by atoms with van der Waals surface area (Å²) in [5, 5.41) is 2.97. The molecule has 4 nitrogen and oxygen atoms in total. The van der Waals surface area contributed by atoms with E-state index in [9.17, 15) is 4.79 Å². The Kier molecular flexibility index (Phi) is 4.20. The predicted octanol–water partition coefficient (Wildman–Crippen LogP) is 0.775. The molecule has 0 aromatic rings. The second-order valence-electron chi connectivity index (χ2n) is 4.23. The van der Waals surface area contributed by atoms with E-state index in [2.05, 4.69) is 5.32 Å². The van der Waals surface area contributed by atoms with Gasteiger partial charge in [-0.05, 0) is 18.8 Å². The van der Waals surface area contributed by atoms with Crippen LogP contribution < -0.4 is 11.1 Å². The van der Waals surface area contributed by atoms with Gasteiger partial charge in [0.05, 0.1) is 0 Å². The van der Waals surface area contributed by atoms with E-state index < -0.39 is 0 Å². The number of carbonyl (C=O) groups excluding carboxylic acids is 1. The van der Waals surface area contributed by atoms with Gasteiger partial charge in [0.15, 0.2) is 0 Å². The van der Waals surface area contributed by atoms with Gasteiger partial charge in [0, 0.05) is 26.7 Å². The number of hydrogen-bond acceptors (Lipinski definition) is 2. The SMILES string of the molecule is CN(C)C(=O)NC(CN)C1CCCC1. The Morgan fingerprint density at radius 1 is 1.50 bits per heavy atom. The molecule has 0 radical (unpaired) electrons. The number of urea groups is 1.